The Kier molecular flexibility index (Phi) is 5.85. The van der Waals surface area contributed by atoms with E-state index in [0.717, 1.165) is 18.2 Å². The Balaban J connectivity index is 1.99. The summed E-state index contributed by atoms with van der Waals surface area (Å²) in [6.07, 6.45) is 1.17. The molecule has 1 fully saturated rings. The lowest BCUT2D eigenvalue weighted by Crippen LogP contribution is -2.54. The number of piperazine rings is 1. The number of halogens is 7. The summed E-state index contributed by atoms with van der Waals surface area (Å²) in [5.74, 6) is -0.279. The van der Waals surface area contributed by atoms with Gasteiger partial charge in [0.05, 0.1) is 16.1 Å². The number of carbonyl (C=O) groups excluding carboxylic acids is 1. The highest BCUT2D eigenvalue weighted by Crippen LogP contribution is 3.02. The van der Waals surface area contributed by atoms with Gasteiger partial charge in [-0.3, -0.25) is 4.79 Å². The summed E-state index contributed by atoms with van der Waals surface area (Å²) in [6, 6.07) is 3.64. The van der Waals surface area contributed by atoms with Crippen LogP contribution in [0.25, 0.3) is 16.7 Å². The molecule has 0 unspecified atom stereocenters. The van der Waals surface area contributed by atoms with Crippen molar-refractivity contribution < 1.29 is 24.2 Å². The molecule has 1 aliphatic rings. The maximum atomic E-state index is 13.9. The highest BCUT2D eigenvalue weighted by Gasteiger charge is 2.67. The SMILES string of the molecule is C=CC(=O)N1CCN(c2nc(=O)n(-c3ccccc3S(F)(F)(F)(F)F)c3nc(Cl)c(Cl)cc23)[C@@H](C)C1. The number of para-hydroxylation sites is 1. The molecule has 0 radical (unpaired) electrons. The van der Waals surface area contributed by atoms with Crippen LogP contribution in [0.15, 0.2) is 52.7 Å². The van der Waals surface area contributed by atoms with Gasteiger partial charge in [0.25, 0.3) is 0 Å². The maximum Gasteiger partial charge on any atom is 0.355 e. The highest BCUT2D eigenvalue weighted by atomic mass is 35.5. The van der Waals surface area contributed by atoms with Crippen LogP contribution in [0.2, 0.25) is 10.2 Å². The van der Waals surface area contributed by atoms with Gasteiger partial charge in [-0.1, -0.05) is 61.3 Å². The largest absolute Gasteiger partial charge is 0.355 e. The molecular weight excluding hydrogens is 552 g/mol. The van der Waals surface area contributed by atoms with Crippen LogP contribution in [0.1, 0.15) is 6.92 Å². The number of amides is 1. The molecule has 1 saturated heterocycles. The van der Waals surface area contributed by atoms with Crippen molar-refractivity contribution in [3.05, 3.63) is 63.6 Å². The Morgan fingerprint density at radius 3 is 2.42 bits per heavy atom. The van der Waals surface area contributed by atoms with E-state index in [1.807, 2.05) is 0 Å². The molecule has 1 amide bonds. The van der Waals surface area contributed by atoms with Gasteiger partial charge in [-0.25, -0.2) is 14.3 Å². The summed E-state index contributed by atoms with van der Waals surface area (Å²) >= 11 is 12.1. The van der Waals surface area contributed by atoms with E-state index < -0.39 is 32.1 Å². The monoisotopic (exact) mass is 569 g/mol. The Morgan fingerprint density at radius 1 is 1.14 bits per heavy atom. The fraction of sp³-hybridized carbons (Fsp3) is 0.238. The molecule has 0 aliphatic carbocycles. The van der Waals surface area contributed by atoms with Gasteiger partial charge >= 0.3 is 15.9 Å². The van der Waals surface area contributed by atoms with Crippen molar-refractivity contribution in [1.29, 1.82) is 0 Å². The second-order valence-electron chi connectivity index (χ2n) is 8.15. The van der Waals surface area contributed by atoms with Crippen LogP contribution in [0.3, 0.4) is 0 Å². The number of benzene rings is 1. The minimum Gasteiger partial charge on any atom is -0.350 e. The van der Waals surface area contributed by atoms with E-state index >= 15 is 0 Å². The normalized spacial score (nSPS) is 18.6. The fourth-order valence-electron chi connectivity index (χ4n) is 4.09. The molecule has 2 aromatic heterocycles. The molecular formula is C21H18Cl2F5N5O2S. The van der Waals surface area contributed by atoms with Crippen LogP contribution in [0, 0.1) is 0 Å². The van der Waals surface area contributed by atoms with Crippen LogP contribution in [0.5, 0.6) is 0 Å². The van der Waals surface area contributed by atoms with Gasteiger partial charge in [0.2, 0.25) is 5.91 Å². The Labute approximate surface area is 211 Å². The van der Waals surface area contributed by atoms with Gasteiger partial charge in [-0.15, -0.1) is 0 Å². The van der Waals surface area contributed by atoms with Crippen molar-refractivity contribution >= 4 is 56.2 Å². The highest BCUT2D eigenvalue weighted by molar-refractivity contribution is 8.45. The molecule has 194 valence electrons. The van der Waals surface area contributed by atoms with Gasteiger partial charge in [0, 0.05) is 25.7 Å². The van der Waals surface area contributed by atoms with E-state index in [2.05, 4.69) is 16.5 Å². The first-order valence-electron chi connectivity index (χ1n) is 10.3. The number of carbonyl (C=O) groups is 1. The van der Waals surface area contributed by atoms with Crippen LogP contribution in [0.4, 0.5) is 25.2 Å². The van der Waals surface area contributed by atoms with Crippen LogP contribution in [-0.2, 0) is 4.79 Å². The fourth-order valence-corrected chi connectivity index (χ4v) is 5.27. The summed E-state index contributed by atoms with van der Waals surface area (Å²) in [4.78, 5) is 34.0. The summed E-state index contributed by atoms with van der Waals surface area (Å²) in [6.45, 7) is 5.88. The minimum atomic E-state index is -10.2. The van der Waals surface area contributed by atoms with Crippen molar-refractivity contribution in [3.8, 4) is 5.69 Å². The first-order valence-corrected chi connectivity index (χ1v) is 13.0. The molecule has 1 aliphatic heterocycles. The Hall–Kier alpha value is -2.90. The molecule has 0 spiro atoms. The predicted molar refractivity (Wildman–Crippen MR) is 130 cm³/mol. The van der Waals surface area contributed by atoms with Crippen molar-refractivity contribution in [3.63, 3.8) is 0 Å². The zero-order valence-corrected chi connectivity index (χ0v) is 20.8. The number of hydrogen-bond acceptors (Lipinski definition) is 5. The summed E-state index contributed by atoms with van der Waals surface area (Å²) in [5, 5.41) is -0.434. The van der Waals surface area contributed by atoms with E-state index in [9.17, 15) is 29.0 Å². The lowest BCUT2D eigenvalue weighted by Gasteiger charge is -2.42. The average Bonchev–Trinajstić information content (AvgIpc) is 2.78. The maximum absolute atomic E-state index is 13.9. The topological polar surface area (TPSA) is 71.3 Å². The molecule has 15 heteroatoms. The second kappa shape index (κ2) is 8.05. The molecule has 1 aromatic carbocycles. The van der Waals surface area contributed by atoms with Crippen molar-refractivity contribution in [2.45, 2.75) is 17.9 Å². The zero-order valence-electron chi connectivity index (χ0n) is 18.5. The second-order valence-corrected chi connectivity index (χ2v) is 11.3. The molecule has 1 atom stereocenters. The molecule has 3 heterocycles. The van der Waals surface area contributed by atoms with Crippen LogP contribution in [-0.4, -0.2) is 51.0 Å². The average molecular weight is 570 g/mol. The molecule has 4 rings (SSSR count). The summed E-state index contributed by atoms with van der Waals surface area (Å²) in [5.41, 5.74) is -2.87. The molecule has 36 heavy (non-hydrogen) atoms. The number of aromatic nitrogens is 3. The number of hydrogen-bond donors (Lipinski definition) is 0. The standard InChI is InChI=1S/C21H18Cl2F5N5O2S/c1-3-17(34)31-8-9-32(12(2)11-31)19-13-10-14(22)18(23)29-20(13)33(21(35)30-19)15-6-4-5-7-16(15)36(24,25,26,27)28/h3-7,10,12H,1,8-9,11H2,2H3/t12-/m0/s1. The van der Waals surface area contributed by atoms with Gasteiger partial charge in [-0.05, 0) is 31.2 Å². The van der Waals surface area contributed by atoms with Crippen LogP contribution < -0.4 is 10.6 Å². The molecule has 0 bridgehead atoms. The Bertz CT molecular complexity index is 1480. The molecule has 7 nitrogen and oxygen atoms in total. The number of rotatable bonds is 4. The third-order valence-corrected chi connectivity index (χ3v) is 7.52. The molecule has 0 N–H and O–H groups in total. The first-order chi connectivity index (χ1) is 16.5. The van der Waals surface area contributed by atoms with Gasteiger partial charge < -0.3 is 9.80 Å². The van der Waals surface area contributed by atoms with Crippen molar-refractivity contribution in [2.75, 3.05) is 24.5 Å². The third-order valence-electron chi connectivity index (χ3n) is 5.67. The van der Waals surface area contributed by atoms with Crippen LogP contribution >= 0.6 is 33.4 Å². The van der Waals surface area contributed by atoms with E-state index in [1.54, 1.807) is 11.8 Å². The van der Waals surface area contributed by atoms with E-state index in [0.29, 0.717) is 4.57 Å². The predicted octanol–water partition coefficient (Wildman–Crippen LogP) is 5.97. The van der Waals surface area contributed by atoms with Gasteiger partial charge in [0.1, 0.15) is 15.9 Å². The summed E-state index contributed by atoms with van der Waals surface area (Å²) in [7, 11) is -10.2. The first kappa shape index (κ1) is 26.2. The van der Waals surface area contributed by atoms with E-state index in [4.69, 9.17) is 23.2 Å². The number of fused-ring (bicyclic) bond motifs is 1. The Morgan fingerprint density at radius 2 is 1.81 bits per heavy atom. The summed E-state index contributed by atoms with van der Waals surface area (Å²) < 4.78 is 69.7. The lowest BCUT2D eigenvalue weighted by atomic mass is 10.1. The smallest absolute Gasteiger partial charge is 0.350 e. The number of anilines is 1. The van der Waals surface area contributed by atoms with Crippen molar-refractivity contribution in [1.82, 2.24) is 19.4 Å². The molecule has 0 saturated carbocycles. The van der Waals surface area contributed by atoms with E-state index in [-0.39, 0.29) is 59.0 Å². The zero-order chi connectivity index (χ0) is 26.7. The van der Waals surface area contributed by atoms with E-state index in [1.165, 1.54) is 17.0 Å². The third kappa shape index (κ3) is 4.74. The minimum absolute atomic E-state index is 0.0105. The van der Waals surface area contributed by atoms with Gasteiger partial charge in [0.15, 0.2) is 5.65 Å². The number of pyridine rings is 1. The molecule has 3 aromatic rings. The lowest BCUT2D eigenvalue weighted by molar-refractivity contribution is -0.126. The number of nitrogens with zero attached hydrogens (tertiary/aromatic N) is 5. The quantitative estimate of drug-likeness (QED) is 0.220. The van der Waals surface area contributed by atoms with Crippen molar-refractivity contribution in [2.24, 2.45) is 0 Å². The van der Waals surface area contributed by atoms with Gasteiger partial charge in [-0.2, -0.15) is 4.98 Å².